The zero-order valence-corrected chi connectivity index (χ0v) is 12.5. The molecule has 3 rings (SSSR count). The van der Waals surface area contributed by atoms with Gasteiger partial charge in [-0.1, -0.05) is 23.8 Å². The number of anilines is 2. The summed E-state index contributed by atoms with van der Waals surface area (Å²) in [6.07, 6.45) is 1.48. The molecule has 0 radical (unpaired) electrons. The van der Waals surface area contributed by atoms with Crippen molar-refractivity contribution in [2.45, 2.75) is 19.8 Å². The van der Waals surface area contributed by atoms with Crippen molar-refractivity contribution >= 4 is 23.2 Å². The van der Waals surface area contributed by atoms with Gasteiger partial charge in [-0.2, -0.15) is 0 Å². The van der Waals surface area contributed by atoms with Gasteiger partial charge in [-0.25, -0.2) is 0 Å². The summed E-state index contributed by atoms with van der Waals surface area (Å²) in [5.74, 6) is -0.00749. The van der Waals surface area contributed by atoms with Crippen LogP contribution in [-0.4, -0.2) is 18.4 Å². The average molecular weight is 294 g/mol. The second kappa shape index (κ2) is 6.02. The molecule has 0 aromatic heterocycles. The Hall–Kier alpha value is -2.62. The van der Waals surface area contributed by atoms with Crippen LogP contribution in [0, 0.1) is 6.92 Å². The molecule has 1 N–H and O–H groups in total. The van der Waals surface area contributed by atoms with E-state index >= 15 is 0 Å². The fourth-order valence-electron chi connectivity index (χ4n) is 2.58. The summed E-state index contributed by atoms with van der Waals surface area (Å²) < 4.78 is 0. The molecule has 2 amide bonds. The van der Waals surface area contributed by atoms with Gasteiger partial charge in [0.05, 0.1) is 0 Å². The molecule has 1 aliphatic heterocycles. The average Bonchev–Trinajstić information content (AvgIpc) is 2.94. The van der Waals surface area contributed by atoms with E-state index in [0.29, 0.717) is 17.7 Å². The topological polar surface area (TPSA) is 49.4 Å². The number of aryl methyl sites for hydroxylation is 1. The van der Waals surface area contributed by atoms with E-state index < -0.39 is 0 Å². The number of hydrogen-bond donors (Lipinski definition) is 1. The molecule has 1 saturated heterocycles. The molecule has 0 aliphatic carbocycles. The summed E-state index contributed by atoms with van der Waals surface area (Å²) >= 11 is 0. The van der Waals surface area contributed by atoms with Crippen LogP contribution >= 0.6 is 0 Å². The van der Waals surface area contributed by atoms with Crippen molar-refractivity contribution in [2.24, 2.45) is 0 Å². The molecule has 4 nitrogen and oxygen atoms in total. The lowest BCUT2D eigenvalue weighted by Crippen LogP contribution is -2.23. The second-order valence-corrected chi connectivity index (χ2v) is 5.52. The van der Waals surface area contributed by atoms with Gasteiger partial charge in [0.15, 0.2) is 0 Å². The molecule has 2 aromatic rings. The van der Waals surface area contributed by atoms with Crippen LogP contribution in [0.25, 0.3) is 0 Å². The van der Waals surface area contributed by atoms with Gasteiger partial charge in [-0.05, 0) is 43.7 Å². The third-order valence-electron chi connectivity index (χ3n) is 3.80. The molecule has 0 atom stereocenters. The van der Waals surface area contributed by atoms with Crippen molar-refractivity contribution in [3.63, 3.8) is 0 Å². The van der Waals surface area contributed by atoms with Crippen LogP contribution in [0.1, 0.15) is 28.8 Å². The number of benzene rings is 2. The van der Waals surface area contributed by atoms with Crippen molar-refractivity contribution in [2.75, 3.05) is 16.8 Å². The SMILES string of the molecule is Cc1ccc(C(=O)Nc2cccc(N3CCCC3=O)c2)cc1. The standard InChI is InChI=1S/C18H18N2O2/c1-13-7-9-14(10-8-13)18(22)19-15-4-2-5-16(12-15)20-11-3-6-17(20)21/h2,4-5,7-10,12H,3,6,11H2,1H3,(H,19,22). The smallest absolute Gasteiger partial charge is 0.255 e. The van der Waals surface area contributed by atoms with Crippen LogP contribution in [0.4, 0.5) is 11.4 Å². The van der Waals surface area contributed by atoms with Crippen molar-refractivity contribution in [3.8, 4) is 0 Å². The molecule has 22 heavy (non-hydrogen) atoms. The Kier molecular flexibility index (Phi) is 3.92. The Bertz CT molecular complexity index is 707. The number of nitrogens with zero attached hydrogens (tertiary/aromatic N) is 1. The van der Waals surface area contributed by atoms with Crippen LogP contribution in [0.5, 0.6) is 0 Å². The first-order valence-electron chi connectivity index (χ1n) is 7.42. The van der Waals surface area contributed by atoms with Gasteiger partial charge < -0.3 is 10.2 Å². The van der Waals surface area contributed by atoms with E-state index in [-0.39, 0.29) is 11.8 Å². The maximum Gasteiger partial charge on any atom is 0.255 e. The lowest BCUT2D eigenvalue weighted by Gasteiger charge is -2.16. The van der Waals surface area contributed by atoms with Crippen LogP contribution in [-0.2, 0) is 4.79 Å². The predicted molar refractivity (Wildman–Crippen MR) is 87.2 cm³/mol. The lowest BCUT2D eigenvalue weighted by atomic mass is 10.1. The first kappa shape index (κ1) is 14.3. The summed E-state index contributed by atoms with van der Waals surface area (Å²) in [4.78, 5) is 25.8. The van der Waals surface area contributed by atoms with E-state index in [1.807, 2.05) is 43.3 Å². The Morgan fingerprint density at radius 2 is 1.91 bits per heavy atom. The minimum absolute atomic E-state index is 0.141. The molecule has 0 saturated carbocycles. The number of amides is 2. The van der Waals surface area contributed by atoms with Gasteiger partial charge in [0.2, 0.25) is 5.91 Å². The zero-order valence-electron chi connectivity index (χ0n) is 12.5. The Morgan fingerprint density at radius 1 is 1.14 bits per heavy atom. The summed E-state index contributed by atoms with van der Waals surface area (Å²) in [5, 5.41) is 2.88. The van der Waals surface area contributed by atoms with Crippen molar-refractivity contribution < 1.29 is 9.59 Å². The van der Waals surface area contributed by atoms with E-state index in [9.17, 15) is 9.59 Å². The van der Waals surface area contributed by atoms with Crippen molar-refractivity contribution in [3.05, 3.63) is 59.7 Å². The van der Waals surface area contributed by atoms with Gasteiger partial charge in [0.1, 0.15) is 0 Å². The van der Waals surface area contributed by atoms with E-state index in [1.54, 1.807) is 17.0 Å². The van der Waals surface area contributed by atoms with E-state index in [2.05, 4.69) is 5.32 Å². The number of rotatable bonds is 3. The second-order valence-electron chi connectivity index (χ2n) is 5.52. The molecule has 0 spiro atoms. The number of nitrogens with one attached hydrogen (secondary N) is 1. The third-order valence-corrected chi connectivity index (χ3v) is 3.80. The molecule has 112 valence electrons. The predicted octanol–water partition coefficient (Wildman–Crippen LogP) is 3.37. The van der Waals surface area contributed by atoms with Gasteiger partial charge in [0.25, 0.3) is 5.91 Å². The van der Waals surface area contributed by atoms with Gasteiger partial charge in [0, 0.05) is 29.9 Å². The highest BCUT2D eigenvalue weighted by Gasteiger charge is 2.21. The maximum atomic E-state index is 12.2. The third kappa shape index (κ3) is 3.01. The van der Waals surface area contributed by atoms with E-state index in [1.165, 1.54) is 0 Å². The van der Waals surface area contributed by atoms with Crippen molar-refractivity contribution in [1.29, 1.82) is 0 Å². The van der Waals surface area contributed by atoms with E-state index in [0.717, 1.165) is 24.2 Å². The van der Waals surface area contributed by atoms with Gasteiger partial charge in [-0.3, -0.25) is 9.59 Å². The Labute approximate surface area is 129 Å². The van der Waals surface area contributed by atoms with Crippen LogP contribution < -0.4 is 10.2 Å². The van der Waals surface area contributed by atoms with Gasteiger partial charge in [-0.15, -0.1) is 0 Å². The minimum Gasteiger partial charge on any atom is -0.322 e. The quantitative estimate of drug-likeness (QED) is 0.943. The molecule has 0 unspecified atom stereocenters. The first-order valence-corrected chi connectivity index (χ1v) is 7.42. The first-order chi connectivity index (χ1) is 10.6. The number of carbonyl (C=O) groups is 2. The van der Waals surface area contributed by atoms with Crippen LogP contribution in [0.15, 0.2) is 48.5 Å². The summed E-state index contributed by atoms with van der Waals surface area (Å²) in [7, 11) is 0. The molecule has 2 aromatic carbocycles. The highest BCUT2D eigenvalue weighted by molar-refractivity contribution is 6.05. The van der Waals surface area contributed by atoms with Gasteiger partial charge >= 0.3 is 0 Å². The van der Waals surface area contributed by atoms with E-state index in [4.69, 9.17) is 0 Å². The number of carbonyl (C=O) groups excluding carboxylic acids is 2. The number of hydrogen-bond acceptors (Lipinski definition) is 2. The van der Waals surface area contributed by atoms with Crippen LogP contribution in [0.3, 0.4) is 0 Å². The fraction of sp³-hybridized carbons (Fsp3) is 0.222. The van der Waals surface area contributed by atoms with Crippen molar-refractivity contribution in [1.82, 2.24) is 0 Å². The molecular formula is C18H18N2O2. The summed E-state index contributed by atoms with van der Waals surface area (Å²) in [5.41, 5.74) is 3.27. The fourth-order valence-corrected chi connectivity index (χ4v) is 2.58. The molecular weight excluding hydrogens is 276 g/mol. The monoisotopic (exact) mass is 294 g/mol. The Balaban J connectivity index is 1.76. The summed E-state index contributed by atoms with van der Waals surface area (Å²) in [6, 6.07) is 14.8. The maximum absolute atomic E-state index is 12.2. The highest BCUT2D eigenvalue weighted by Crippen LogP contribution is 2.24. The minimum atomic E-state index is -0.148. The molecule has 1 fully saturated rings. The summed E-state index contributed by atoms with van der Waals surface area (Å²) in [6.45, 7) is 2.73. The molecule has 4 heteroatoms. The molecule has 1 heterocycles. The molecule has 0 bridgehead atoms. The molecule has 1 aliphatic rings. The lowest BCUT2D eigenvalue weighted by molar-refractivity contribution is -0.117. The highest BCUT2D eigenvalue weighted by atomic mass is 16.2. The van der Waals surface area contributed by atoms with Crippen LogP contribution in [0.2, 0.25) is 0 Å². The zero-order chi connectivity index (χ0) is 15.5. The largest absolute Gasteiger partial charge is 0.322 e. The normalized spacial score (nSPS) is 14.2. The Morgan fingerprint density at radius 3 is 2.59 bits per heavy atom.